The molecular formula is C18H22FN3O. The molecule has 4 nitrogen and oxygen atoms in total. The number of nitrogens with zero attached hydrogens (tertiary/aromatic N) is 1. The van der Waals surface area contributed by atoms with E-state index in [1.807, 2.05) is 30.3 Å². The summed E-state index contributed by atoms with van der Waals surface area (Å²) in [5.74, 6) is 1.29. The van der Waals surface area contributed by atoms with E-state index in [1.165, 1.54) is 6.07 Å². The lowest BCUT2D eigenvalue weighted by atomic mass is 10.1. The van der Waals surface area contributed by atoms with Gasteiger partial charge in [-0.1, -0.05) is 24.3 Å². The molecule has 0 bridgehead atoms. The average Bonchev–Trinajstić information content (AvgIpc) is 2.58. The molecule has 0 saturated heterocycles. The van der Waals surface area contributed by atoms with Crippen molar-refractivity contribution in [1.29, 1.82) is 0 Å². The standard InChI is InChI=1S/C18H22FN3O/c1-13-7-8-15(10-17(13)19)12-22-18(20-2)21-11-14-5-4-6-16(9-14)23-3/h4-10H,11-12H2,1-3H3,(H2,20,21,22). The van der Waals surface area contributed by atoms with Crippen LogP contribution in [0.4, 0.5) is 4.39 Å². The topological polar surface area (TPSA) is 45.7 Å². The number of halogens is 1. The summed E-state index contributed by atoms with van der Waals surface area (Å²) in [7, 11) is 3.35. The predicted molar refractivity (Wildman–Crippen MR) is 91.2 cm³/mol. The van der Waals surface area contributed by atoms with E-state index in [9.17, 15) is 4.39 Å². The second kappa shape index (κ2) is 8.17. The van der Waals surface area contributed by atoms with Gasteiger partial charge in [0.1, 0.15) is 11.6 Å². The minimum atomic E-state index is -0.191. The Labute approximate surface area is 136 Å². The summed E-state index contributed by atoms with van der Waals surface area (Å²) in [6, 6.07) is 13.1. The molecule has 0 aliphatic rings. The molecule has 0 aliphatic heterocycles. The average molecular weight is 315 g/mol. The Morgan fingerprint density at radius 3 is 2.39 bits per heavy atom. The summed E-state index contributed by atoms with van der Waals surface area (Å²) in [4.78, 5) is 4.17. The van der Waals surface area contributed by atoms with Crippen LogP contribution in [0.15, 0.2) is 47.5 Å². The van der Waals surface area contributed by atoms with E-state index in [-0.39, 0.29) is 5.82 Å². The molecule has 0 unspecified atom stereocenters. The Bertz CT molecular complexity index is 686. The van der Waals surface area contributed by atoms with Crippen molar-refractivity contribution in [3.8, 4) is 5.75 Å². The lowest BCUT2D eigenvalue weighted by molar-refractivity contribution is 0.414. The van der Waals surface area contributed by atoms with Crippen LogP contribution >= 0.6 is 0 Å². The first-order valence-corrected chi connectivity index (χ1v) is 7.45. The lowest BCUT2D eigenvalue weighted by Crippen LogP contribution is -2.36. The van der Waals surface area contributed by atoms with Gasteiger partial charge in [-0.3, -0.25) is 4.99 Å². The number of benzene rings is 2. The van der Waals surface area contributed by atoms with E-state index in [4.69, 9.17) is 4.74 Å². The summed E-state index contributed by atoms with van der Waals surface area (Å²) >= 11 is 0. The second-order valence-corrected chi connectivity index (χ2v) is 5.21. The highest BCUT2D eigenvalue weighted by Gasteiger charge is 2.02. The minimum Gasteiger partial charge on any atom is -0.497 e. The number of methoxy groups -OCH3 is 1. The van der Waals surface area contributed by atoms with Crippen LogP contribution in [0.1, 0.15) is 16.7 Å². The maximum atomic E-state index is 13.5. The van der Waals surface area contributed by atoms with Gasteiger partial charge in [-0.2, -0.15) is 0 Å². The molecule has 0 radical (unpaired) electrons. The molecular weight excluding hydrogens is 293 g/mol. The van der Waals surface area contributed by atoms with Crippen LogP contribution in [0.5, 0.6) is 5.75 Å². The van der Waals surface area contributed by atoms with Crippen molar-refractivity contribution in [3.63, 3.8) is 0 Å². The number of nitrogens with one attached hydrogen (secondary N) is 2. The molecule has 0 saturated carbocycles. The number of aliphatic imine (C=N–C) groups is 1. The van der Waals surface area contributed by atoms with Gasteiger partial charge in [0.05, 0.1) is 7.11 Å². The maximum Gasteiger partial charge on any atom is 0.191 e. The molecule has 0 fully saturated rings. The smallest absolute Gasteiger partial charge is 0.191 e. The Hall–Kier alpha value is -2.56. The fraction of sp³-hybridized carbons (Fsp3) is 0.278. The van der Waals surface area contributed by atoms with E-state index >= 15 is 0 Å². The predicted octanol–water partition coefficient (Wildman–Crippen LogP) is 3.01. The zero-order chi connectivity index (χ0) is 16.7. The van der Waals surface area contributed by atoms with Crippen LogP contribution in [-0.4, -0.2) is 20.1 Å². The monoisotopic (exact) mass is 315 g/mol. The van der Waals surface area contributed by atoms with Gasteiger partial charge < -0.3 is 15.4 Å². The lowest BCUT2D eigenvalue weighted by Gasteiger charge is -2.13. The van der Waals surface area contributed by atoms with Gasteiger partial charge in [-0.15, -0.1) is 0 Å². The third-order valence-corrected chi connectivity index (χ3v) is 3.51. The normalized spacial score (nSPS) is 11.2. The first kappa shape index (κ1) is 16.8. The van der Waals surface area contributed by atoms with Crippen molar-refractivity contribution >= 4 is 5.96 Å². The molecule has 0 aliphatic carbocycles. The maximum absolute atomic E-state index is 13.5. The van der Waals surface area contributed by atoms with Crippen LogP contribution in [0.2, 0.25) is 0 Å². The SMILES string of the molecule is CN=C(NCc1cccc(OC)c1)NCc1ccc(C)c(F)c1. The van der Waals surface area contributed by atoms with Crippen LogP contribution in [0, 0.1) is 12.7 Å². The number of ether oxygens (including phenoxy) is 1. The van der Waals surface area contributed by atoms with E-state index in [2.05, 4.69) is 15.6 Å². The van der Waals surface area contributed by atoms with E-state index in [0.29, 0.717) is 24.6 Å². The van der Waals surface area contributed by atoms with Gasteiger partial charge >= 0.3 is 0 Å². The quantitative estimate of drug-likeness (QED) is 0.658. The van der Waals surface area contributed by atoms with Gasteiger partial charge in [-0.05, 0) is 41.8 Å². The van der Waals surface area contributed by atoms with Crippen molar-refractivity contribution in [2.75, 3.05) is 14.2 Å². The fourth-order valence-electron chi connectivity index (χ4n) is 2.12. The van der Waals surface area contributed by atoms with E-state index < -0.39 is 0 Å². The van der Waals surface area contributed by atoms with Crippen molar-refractivity contribution in [1.82, 2.24) is 10.6 Å². The third-order valence-electron chi connectivity index (χ3n) is 3.51. The zero-order valence-electron chi connectivity index (χ0n) is 13.7. The highest BCUT2D eigenvalue weighted by Crippen LogP contribution is 2.12. The molecule has 0 atom stereocenters. The Kier molecular flexibility index (Phi) is 5.97. The van der Waals surface area contributed by atoms with E-state index in [1.54, 1.807) is 27.1 Å². The highest BCUT2D eigenvalue weighted by atomic mass is 19.1. The highest BCUT2D eigenvalue weighted by molar-refractivity contribution is 5.79. The van der Waals surface area contributed by atoms with Crippen LogP contribution in [0.3, 0.4) is 0 Å². The molecule has 2 aromatic rings. The molecule has 0 spiro atoms. The van der Waals surface area contributed by atoms with Gasteiger partial charge in [0.15, 0.2) is 5.96 Å². The molecule has 5 heteroatoms. The van der Waals surface area contributed by atoms with Crippen molar-refractivity contribution < 1.29 is 9.13 Å². The summed E-state index contributed by atoms with van der Waals surface area (Å²) in [5.41, 5.74) is 2.61. The van der Waals surface area contributed by atoms with Crippen molar-refractivity contribution in [3.05, 3.63) is 65.0 Å². The van der Waals surface area contributed by atoms with Crippen LogP contribution < -0.4 is 15.4 Å². The molecule has 122 valence electrons. The van der Waals surface area contributed by atoms with Gasteiger partial charge in [-0.25, -0.2) is 4.39 Å². The Morgan fingerprint density at radius 1 is 1.09 bits per heavy atom. The molecule has 0 aromatic heterocycles. The van der Waals surface area contributed by atoms with E-state index in [0.717, 1.165) is 16.9 Å². The molecule has 2 rings (SSSR count). The number of hydrogen-bond donors (Lipinski definition) is 2. The number of hydrogen-bond acceptors (Lipinski definition) is 2. The molecule has 0 amide bonds. The summed E-state index contributed by atoms with van der Waals surface area (Å²) < 4.78 is 18.7. The van der Waals surface area contributed by atoms with Gasteiger partial charge in [0, 0.05) is 20.1 Å². The number of aryl methyl sites for hydroxylation is 1. The van der Waals surface area contributed by atoms with Crippen LogP contribution in [0.25, 0.3) is 0 Å². The van der Waals surface area contributed by atoms with Crippen LogP contribution in [-0.2, 0) is 13.1 Å². The molecule has 2 N–H and O–H groups in total. The van der Waals surface area contributed by atoms with Crippen molar-refractivity contribution in [2.45, 2.75) is 20.0 Å². The summed E-state index contributed by atoms with van der Waals surface area (Å²) in [6.07, 6.45) is 0. The summed E-state index contributed by atoms with van der Waals surface area (Å²) in [5, 5.41) is 6.40. The molecule has 23 heavy (non-hydrogen) atoms. The number of guanidine groups is 1. The third kappa shape index (κ3) is 4.98. The Balaban J connectivity index is 1.89. The van der Waals surface area contributed by atoms with Crippen molar-refractivity contribution in [2.24, 2.45) is 4.99 Å². The fourth-order valence-corrected chi connectivity index (χ4v) is 2.12. The second-order valence-electron chi connectivity index (χ2n) is 5.21. The number of rotatable bonds is 5. The zero-order valence-corrected chi connectivity index (χ0v) is 13.7. The molecule has 0 heterocycles. The Morgan fingerprint density at radius 2 is 1.78 bits per heavy atom. The molecule has 2 aromatic carbocycles. The van der Waals surface area contributed by atoms with Gasteiger partial charge in [0.2, 0.25) is 0 Å². The first-order valence-electron chi connectivity index (χ1n) is 7.45. The summed E-state index contributed by atoms with van der Waals surface area (Å²) in [6.45, 7) is 2.88. The largest absolute Gasteiger partial charge is 0.497 e. The van der Waals surface area contributed by atoms with Gasteiger partial charge in [0.25, 0.3) is 0 Å². The minimum absolute atomic E-state index is 0.191. The first-order chi connectivity index (χ1) is 11.1.